The van der Waals surface area contributed by atoms with Crippen molar-refractivity contribution in [2.75, 3.05) is 6.61 Å². The molecule has 0 radical (unpaired) electrons. The molecule has 40 heavy (non-hydrogen) atoms. The number of unbranched alkanes of at least 4 members (excludes halogenated alkanes) is 16. The highest BCUT2D eigenvalue weighted by Gasteiger charge is 2.09. The molecule has 0 unspecified atom stereocenters. The van der Waals surface area contributed by atoms with Gasteiger partial charge in [-0.1, -0.05) is 139 Å². The van der Waals surface area contributed by atoms with Crippen LogP contribution in [0, 0.1) is 0 Å². The van der Waals surface area contributed by atoms with Crippen LogP contribution in [0.2, 0.25) is 0 Å². The number of allylic oxidation sites excluding steroid dienone is 8. The molecule has 0 fully saturated rings. The lowest BCUT2D eigenvalue weighted by molar-refractivity contribution is -0.159. The van der Waals surface area contributed by atoms with Gasteiger partial charge in [0.2, 0.25) is 0 Å². The van der Waals surface area contributed by atoms with Crippen molar-refractivity contribution in [1.29, 1.82) is 0 Å². The highest BCUT2D eigenvalue weighted by Crippen LogP contribution is 2.13. The van der Waals surface area contributed by atoms with Gasteiger partial charge in [0.05, 0.1) is 0 Å². The van der Waals surface area contributed by atoms with Gasteiger partial charge < -0.3 is 9.84 Å². The summed E-state index contributed by atoms with van der Waals surface area (Å²) in [6.07, 6.45) is 43.1. The SMILES string of the molecule is CCCCC/C=C\C/C=C\C/C=C\C/C=C\CCCC(=O)OC(=O)CCCCCCCCCCCCCCCO. The molecule has 0 aliphatic heterocycles. The number of aliphatic hydroxyl groups excluding tert-OH is 1. The number of carbonyl (C=O) groups excluding carboxylic acids is 2. The Labute approximate surface area is 247 Å². The maximum Gasteiger partial charge on any atom is 0.313 e. The molecular formula is C36H62O4. The number of esters is 2. The van der Waals surface area contributed by atoms with Gasteiger partial charge in [0, 0.05) is 19.4 Å². The Morgan fingerprint density at radius 2 is 0.850 bits per heavy atom. The van der Waals surface area contributed by atoms with Gasteiger partial charge in [0.15, 0.2) is 0 Å². The van der Waals surface area contributed by atoms with Crippen molar-refractivity contribution in [3.8, 4) is 0 Å². The van der Waals surface area contributed by atoms with Crippen LogP contribution in [-0.2, 0) is 14.3 Å². The second-order valence-electron chi connectivity index (χ2n) is 10.9. The standard InChI is InChI=1S/C36H62O4/c1-2-3-4-5-6-7-8-9-10-11-12-14-17-20-23-26-29-32-35(38)40-36(39)33-30-27-24-21-18-15-13-16-19-22-25-28-31-34-37/h6-7,9-10,12,14,20,23,37H,2-5,8,11,13,15-19,21-22,24-34H2,1H3/b7-6-,10-9-,14-12-,23-20-. The molecule has 4 heteroatoms. The summed E-state index contributed by atoms with van der Waals surface area (Å²) < 4.78 is 4.96. The zero-order chi connectivity index (χ0) is 29.2. The zero-order valence-corrected chi connectivity index (χ0v) is 26.0. The van der Waals surface area contributed by atoms with E-state index in [-0.39, 0.29) is 5.97 Å². The fourth-order valence-corrected chi connectivity index (χ4v) is 4.48. The molecule has 0 saturated heterocycles. The van der Waals surface area contributed by atoms with E-state index in [1.165, 1.54) is 77.0 Å². The van der Waals surface area contributed by atoms with Crippen molar-refractivity contribution in [2.45, 2.75) is 161 Å². The van der Waals surface area contributed by atoms with E-state index in [0.29, 0.717) is 25.9 Å². The molecule has 0 atom stereocenters. The Kier molecular flexibility index (Phi) is 31.7. The number of aliphatic hydroxyl groups is 1. The minimum atomic E-state index is -0.394. The molecule has 4 nitrogen and oxygen atoms in total. The predicted octanol–water partition coefficient (Wildman–Crippen LogP) is 10.7. The van der Waals surface area contributed by atoms with Crippen LogP contribution >= 0.6 is 0 Å². The summed E-state index contributed by atoms with van der Waals surface area (Å²) in [5, 5.41) is 8.77. The Bertz CT molecular complexity index is 674. The van der Waals surface area contributed by atoms with Crippen molar-refractivity contribution in [2.24, 2.45) is 0 Å². The van der Waals surface area contributed by atoms with Crippen LogP contribution < -0.4 is 0 Å². The summed E-state index contributed by atoms with van der Waals surface area (Å²) >= 11 is 0. The minimum Gasteiger partial charge on any atom is -0.396 e. The molecule has 0 aliphatic rings. The molecule has 0 aromatic rings. The van der Waals surface area contributed by atoms with Gasteiger partial charge >= 0.3 is 11.9 Å². The van der Waals surface area contributed by atoms with E-state index in [0.717, 1.165) is 57.8 Å². The summed E-state index contributed by atoms with van der Waals surface area (Å²) in [5.41, 5.74) is 0. The third kappa shape index (κ3) is 32.3. The first kappa shape index (κ1) is 38.1. The van der Waals surface area contributed by atoms with Gasteiger partial charge in [0.25, 0.3) is 0 Å². The van der Waals surface area contributed by atoms with Crippen LogP contribution in [0.5, 0.6) is 0 Å². The van der Waals surface area contributed by atoms with Crippen LogP contribution in [0.15, 0.2) is 48.6 Å². The molecule has 0 bridgehead atoms. The lowest BCUT2D eigenvalue weighted by atomic mass is 10.0. The largest absolute Gasteiger partial charge is 0.396 e. The van der Waals surface area contributed by atoms with Gasteiger partial charge in [-0.25, -0.2) is 0 Å². The van der Waals surface area contributed by atoms with E-state index in [4.69, 9.17) is 9.84 Å². The highest BCUT2D eigenvalue weighted by atomic mass is 16.6. The number of ether oxygens (including phenoxy) is 1. The second-order valence-corrected chi connectivity index (χ2v) is 10.9. The Morgan fingerprint density at radius 1 is 0.475 bits per heavy atom. The van der Waals surface area contributed by atoms with Crippen LogP contribution in [0.25, 0.3) is 0 Å². The fraction of sp³-hybridized carbons (Fsp3) is 0.722. The molecule has 1 N–H and O–H groups in total. The third-order valence-electron chi connectivity index (χ3n) is 6.98. The lowest BCUT2D eigenvalue weighted by Crippen LogP contribution is -2.11. The van der Waals surface area contributed by atoms with Crippen molar-refractivity contribution >= 4 is 11.9 Å². The monoisotopic (exact) mass is 558 g/mol. The van der Waals surface area contributed by atoms with Crippen LogP contribution in [-0.4, -0.2) is 23.7 Å². The van der Waals surface area contributed by atoms with Gasteiger partial charge in [0.1, 0.15) is 0 Å². The molecule has 0 rings (SSSR count). The van der Waals surface area contributed by atoms with Crippen molar-refractivity contribution < 1.29 is 19.4 Å². The van der Waals surface area contributed by atoms with Crippen LogP contribution in [0.1, 0.15) is 161 Å². The average Bonchev–Trinajstić information content (AvgIpc) is 2.94. The van der Waals surface area contributed by atoms with Crippen molar-refractivity contribution in [3.05, 3.63) is 48.6 Å². The Hall–Kier alpha value is -1.94. The predicted molar refractivity (Wildman–Crippen MR) is 171 cm³/mol. The minimum absolute atomic E-state index is 0.298. The average molecular weight is 559 g/mol. The fourth-order valence-electron chi connectivity index (χ4n) is 4.48. The molecule has 0 aromatic heterocycles. The Balaban J connectivity index is 3.48. The van der Waals surface area contributed by atoms with Crippen molar-refractivity contribution in [1.82, 2.24) is 0 Å². The first-order valence-corrected chi connectivity index (χ1v) is 16.6. The molecule has 0 aliphatic carbocycles. The van der Waals surface area contributed by atoms with Gasteiger partial charge in [-0.05, 0) is 57.8 Å². The maximum absolute atomic E-state index is 11.9. The molecule has 0 saturated carbocycles. The summed E-state index contributed by atoms with van der Waals surface area (Å²) in [7, 11) is 0. The first-order valence-electron chi connectivity index (χ1n) is 16.6. The topological polar surface area (TPSA) is 63.6 Å². The van der Waals surface area contributed by atoms with Gasteiger partial charge in [-0.3, -0.25) is 9.59 Å². The summed E-state index contributed by atoms with van der Waals surface area (Å²) in [6, 6.07) is 0. The van der Waals surface area contributed by atoms with Crippen LogP contribution in [0.3, 0.4) is 0 Å². The Morgan fingerprint density at radius 3 is 1.30 bits per heavy atom. The van der Waals surface area contributed by atoms with E-state index in [1.54, 1.807) is 0 Å². The van der Waals surface area contributed by atoms with E-state index in [1.807, 2.05) is 0 Å². The molecule has 0 heterocycles. The zero-order valence-electron chi connectivity index (χ0n) is 26.0. The summed E-state index contributed by atoms with van der Waals surface area (Å²) in [6.45, 7) is 2.56. The molecule has 0 aromatic carbocycles. The van der Waals surface area contributed by atoms with Crippen LogP contribution in [0.4, 0.5) is 0 Å². The van der Waals surface area contributed by atoms with Crippen molar-refractivity contribution in [3.63, 3.8) is 0 Å². The number of carbonyl (C=O) groups is 2. The quantitative estimate of drug-likeness (QED) is 0.0429. The molecule has 0 spiro atoms. The van der Waals surface area contributed by atoms with E-state index < -0.39 is 5.97 Å². The number of hydrogen-bond acceptors (Lipinski definition) is 4. The summed E-state index contributed by atoms with van der Waals surface area (Å²) in [4.78, 5) is 23.7. The third-order valence-corrected chi connectivity index (χ3v) is 6.98. The van der Waals surface area contributed by atoms with Gasteiger partial charge in [-0.15, -0.1) is 0 Å². The van der Waals surface area contributed by atoms with E-state index in [2.05, 4.69) is 55.5 Å². The maximum atomic E-state index is 11.9. The number of hydrogen-bond donors (Lipinski definition) is 1. The normalized spacial score (nSPS) is 12.1. The van der Waals surface area contributed by atoms with E-state index >= 15 is 0 Å². The second kappa shape index (κ2) is 33.3. The molecule has 0 amide bonds. The summed E-state index contributed by atoms with van der Waals surface area (Å²) in [5.74, 6) is -0.768. The first-order chi connectivity index (χ1) is 19.7. The smallest absolute Gasteiger partial charge is 0.313 e. The molecule has 230 valence electrons. The molecular weight excluding hydrogens is 496 g/mol. The number of rotatable bonds is 29. The van der Waals surface area contributed by atoms with Gasteiger partial charge in [-0.2, -0.15) is 0 Å². The van der Waals surface area contributed by atoms with E-state index in [9.17, 15) is 9.59 Å². The lowest BCUT2D eigenvalue weighted by Gasteiger charge is -2.04. The highest BCUT2D eigenvalue weighted by molar-refractivity contribution is 5.85.